The van der Waals surface area contributed by atoms with Gasteiger partial charge < -0.3 is 9.64 Å². The second-order valence-corrected chi connectivity index (χ2v) is 4.82. The zero-order valence-electron chi connectivity index (χ0n) is 9.76. The van der Waals surface area contributed by atoms with Crippen molar-refractivity contribution in [3.05, 3.63) is 18.0 Å². The summed E-state index contributed by atoms with van der Waals surface area (Å²) in [6, 6.07) is 0.484. The molecule has 4 heteroatoms. The highest BCUT2D eigenvalue weighted by Crippen LogP contribution is 2.40. The smallest absolute Gasteiger partial charge is 0.225 e. The second-order valence-electron chi connectivity index (χ2n) is 4.82. The molecule has 16 heavy (non-hydrogen) atoms. The number of methoxy groups -OCH3 is 1. The van der Waals surface area contributed by atoms with E-state index in [1.165, 1.54) is 12.8 Å². The Bertz CT molecular complexity index is 378. The average Bonchev–Trinajstić information content (AvgIpc) is 2.86. The third kappa shape index (κ3) is 1.40. The van der Waals surface area contributed by atoms with Crippen LogP contribution in [-0.2, 0) is 4.74 Å². The summed E-state index contributed by atoms with van der Waals surface area (Å²) in [5.74, 6) is 1.53. The van der Waals surface area contributed by atoms with E-state index in [1.807, 2.05) is 26.4 Å². The van der Waals surface area contributed by atoms with Gasteiger partial charge in [0.05, 0.1) is 12.1 Å². The normalized spacial score (nSPS) is 32.4. The molecule has 3 rings (SSSR count). The molecule has 0 N–H and O–H groups in total. The predicted octanol–water partition coefficient (Wildman–Crippen LogP) is 1.40. The average molecular weight is 219 g/mol. The van der Waals surface area contributed by atoms with E-state index in [1.54, 1.807) is 0 Å². The minimum atomic E-state index is 0.380. The molecule has 1 saturated heterocycles. The van der Waals surface area contributed by atoms with Crippen molar-refractivity contribution in [1.82, 2.24) is 9.97 Å². The number of aryl methyl sites for hydroxylation is 1. The van der Waals surface area contributed by atoms with Crippen molar-refractivity contribution >= 4 is 5.95 Å². The lowest BCUT2D eigenvalue weighted by Crippen LogP contribution is -2.36. The summed E-state index contributed by atoms with van der Waals surface area (Å²) in [5.41, 5.74) is 1.11. The van der Waals surface area contributed by atoms with Gasteiger partial charge in [-0.05, 0) is 25.3 Å². The van der Waals surface area contributed by atoms with Gasteiger partial charge in [-0.1, -0.05) is 0 Å². The van der Waals surface area contributed by atoms with Crippen LogP contribution in [0.5, 0.6) is 0 Å². The van der Waals surface area contributed by atoms with Crippen molar-refractivity contribution in [3.63, 3.8) is 0 Å². The molecule has 0 radical (unpaired) electrons. The fourth-order valence-electron chi connectivity index (χ4n) is 3.06. The maximum atomic E-state index is 5.58. The zero-order chi connectivity index (χ0) is 11.1. The number of nitrogens with zero attached hydrogens (tertiary/aromatic N) is 3. The molecule has 86 valence electrons. The molecule has 3 atom stereocenters. The summed E-state index contributed by atoms with van der Waals surface area (Å²) < 4.78 is 5.58. The van der Waals surface area contributed by atoms with Crippen LogP contribution in [-0.4, -0.2) is 35.8 Å². The van der Waals surface area contributed by atoms with Crippen molar-refractivity contribution in [2.45, 2.75) is 31.9 Å². The first kappa shape index (κ1) is 10.0. The topological polar surface area (TPSA) is 38.2 Å². The number of aromatic nitrogens is 2. The van der Waals surface area contributed by atoms with Gasteiger partial charge in [0.25, 0.3) is 0 Å². The van der Waals surface area contributed by atoms with E-state index < -0.39 is 0 Å². The molecule has 1 aromatic rings. The van der Waals surface area contributed by atoms with Gasteiger partial charge in [0.1, 0.15) is 0 Å². The van der Waals surface area contributed by atoms with Gasteiger partial charge in [-0.25, -0.2) is 9.97 Å². The van der Waals surface area contributed by atoms with Gasteiger partial charge >= 0.3 is 0 Å². The van der Waals surface area contributed by atoms with E-state index in [2.05, 4.69) is 14.9 Å². The van der Waals surface area contributed by atoms with Crippen LogP contribution < -0.4 is 4.90 Å². The molecule has 2 aliphatic rings. The molecule has 4 nitrogen and oxygen atoms in total. The fraction of sp³-hybridized carbons (Fsp3) is 0.667. The Balaban J connectivity index is 1.85. The largest absolute Gasteiger partial charge is 0.379 e. The summed E-state index contributed by atoms with van der Waals surface area (Å²) in [7, 11) is 1.81. The molecule has 1 aliphatic heterocycles. The predicted molar refractivity (Wildman–Crippen MR) is 61.4 cm³/mol. The number of ether oxygens (including phenoxy) is 1. The molecule has 1 saturated carbocycles. The minimum absolute atomic E-state index is 0.380. The molecule has 0 amide bonds. The monoisotopic (exact) mass is 219 g/mol. The van der Waals surface area contributed by atoms with E-state index in [-0.39, 0.29) is 0 Å². The number of hydrogen-bond donors (Lipinski definition) is 0. The Kier molecular flexibility index (Phi) is 2.32. The molecule has 1 aromatic heterocycles. The van der Waals surface area contributed by atoms with Crippen LogP contribution in [0.4, 0.5) is 5.95 Å². The Morgan fingerprint density at radius 3 is 2.69 bits per heavy atom. The van der Waals surface area contributed by atoms with Gasteiger partial charge in [0, 0.05) is 32.0 Å². The third-order valence-electron chi connectivity index (χ3n) is 3.80. The number of anilines is 1. The van der Waals surface area contributed by atoms with Gasteiger partial charge in [0.2, 0.25) is 5.95 Å². The van der Waals surface area contributed by atoms with E-state index >= 15 is 0 Å². The van der Waals surface area contributed by atoms with E-state index in [0.29, 0.717) is 18.1 Å². The molecule has 3 unspecified atom stereocenters. The first-order valence-electron chi connectivity index (χ1n) is 5.87. The highest BCUT2D eigenvalue weighted by Gasteiger charge is 2.48. The lowest BCUT2D eigenvalue weighted by molar-refractivity contribution is 0.0853. The Labute approximate surface area is 95.7 Å². The molecular weight excluding hydrogens is 202 g/mol. The molecule has 1 aliphatic carbocycles. The van der Waals surface area contributed by atoms with Crippen molar-refractivity contribution < 1.29 is 4.74 Å². The fourth-order valence-corrected chi connectivity index (χ4v) is 3.06. The molecule has 2 bridgehead atoms. The maximum Gasteiger partial charge on any atom is 0.225 e. The molecular formula is C12H17N3O. The van der Waals surface area contributed by atoms with Crippen LogP contribution in [0.15, 0.2) is 12.4 Å². The quantitative estimate of drug-likeness (QED) is 0.753. The summed E-state index contributed by atoms with van der Waals surface area (Å²) >= 11 is 0. The second kappa shape index (κ2) is 3.70. The number of rotatable bonds is 2. The molecule has 0 aromatic carbocycles. The van der Waals surface area contributed by atoms with Gasteiger partial charge in [0.15, 0.2) is 0 Å². The van der Waals surface area contributed by atoms with E-state index in [0.717, 1.165) is 18.1 Å². The number of piperidine rings is 1. The summed E-state index contributed by atoms with van der Waals surface area (Å²) in [6.07, 6.45) is 6.64. The Hall–Kier alpha value is -1.16. The summed E-state index contributed by atoms with van der Waals surface area (Å²) in [5, 5.41) is 0. The highest BCUT2D eigenvalue weighted by molar-refractivity contribution is 5.37. The van der Waals surface area contributed by atoms with Crippen LogP contribution in [0.3, 0.4) is 0 Å². The Morgan fingerprint density at radius 1 is 1.31 bits per heavy atom. The summed E-state index contributed by atoms with van der Waals surface area (Å²) in [6.45, 7) is 3.06. The van der Waals surface area contributed by atoms with E-state index in [9.17, 15) is 0 Å². The Morgan fingerprint density at radius 2 is 2.06 bits per heavy atom. The lowest BCUT2D eigenvalue weighted by Gasteiger charge is -2.26. The van der Waals surface area contributed by atoms with Crippen molar-refractivity contribution in [2.24, 2.45) is 5.92 Å². The van der Waals surface area contributed by atoms with Crippen LogP contribution >= 0.6 is 0 Å². The first-order valence-corrected chi connectivity index (χ1v) is 5.87. The lowest BCUT2D eigenvalue weighted by atomic mass is 10.1. The van der Waals surface area contributed by atoms with Crippen LogP contribution in [0, 0.1) is 12.8 Å². The first-order chi connectivity index (χ1) is 7.79. The number of hydrogen-bond acceptors (Lipinski definition) is 4. The van der Waals surface area contributed by atoms with Crippen molar-refractivity contribution in [2.75, 3.05) is 18.6 Å². The van der Waals surface area contributed by atoms with Crippen LogP contribution in [0.1, 0.15) is 18.4 Å². The third-order valence-corrected chi connectivity index (χ3v) is 3.80. The van der Waals surface area contributed by atoms with E-state index in [4.69, 9.17) is 4.74 Å². The minimum Gasteiger partial charge on any atom is -0.379 e. The van der Waals surface area contributed by atoms with Gasteiger partial charge in [-0.3, -0.25) is 0 Å². The van der Waals surface area contributed by atoms with Crippen molar-refractivity contribution in [1.29, 1.82) is 0 Å². The van der Waals surface area contributed by atoms with Crippen LogP contribution in [0.2, 0.25) is 0 Å². The maximum absolute atomic E-state index is 5.58. The summed E-state index contributed by atoms with van der Waals surface area (Å²) in [4.78, 5) is 11.1. The molecule has 0 spiro atoms. The molecule has 2 fully saturated rings. The standard InChI is InChI=1S/C12H17N3O/c1-8-5-13-12(14-6-8)15-7-9-3-4-10(15)11(9)16-2/h5-6,9-11H,3-4,7H2,1-2H3. The van der Waals surface area contributed by atoms with Gasteiger partial charge in [-0.15, -0.1) is 0 Å². The zero-order valence-corrected chi connectivity index (χ0v) is 9.76. The highest BCUT2D eigenvalue weighted by atomic mass is 16.5. The number of fused-ring (bicyclic) bond motifs is 2. The van der Waals surface area contributed by atoms with Gasteiger partial charge in [-0.2, -0.15) is 0 Å². The van der Waals surface area contributed by atoms with Crippen LogP contribution in [0.25, 0.3) is 0 Å². The molecule has 2 heterocycles. The SMILES string of the molecule is COC1C2CCC1N(c1ncc(C)cn1)C2. The van der Waals surface area contributed by atoms with Crippen molar-refractivity contribution in [3.8, 4) is 0 Å².